The van der Waals surface area contributed by atoms with Crippen molar-refractivity contribution in [2.24, 2.45) is 4.99 Å². The van der Waals surface area contributed by atoms with E-state index in [1.54, 1.807) is 6.07 Å². The SMILES string of the molecule is CCNC(=NCc1c(CC)noc1CC)NCCOc1cccc(NC(C)=O)c1. The lowest BCUT2D eigenvalue weighted by molar-refractivity contribution is -0.114. The monoisotopic (exact) mass is 401 g/mol. The van der Waals surface area contributed by atoms with Crippen LogP contribution in [0.3, 0.4) is 0 Å². The summed E-state index contributed by atoms with van der Waals surface area (Å²) in [5.74, 6) is 2.20. The van der Waals surface area contributed by atoms with Crippen LogP contribution in [-0.2, 0) is 24.2 Å². The fraction of sp³-hybridized carbons (Fsp3) is 0.476. The largest absolute Gasteiger partial charge is 0.492 e. The van der Waals surface area contributed by atoms with Gasteiger partial charge in [-0.05, 0) is 25.5 Å². The number of guanidine groups is 1. The van der Waals surface area contributed by atoms with Crippen molar-refractivity contribution >= 4 is 17.6 Å². The number of nitrogens with zero attached hydrogens (tertiary/aromatic N) is 2. The van der Waals surface area contributed by atoms with Gasteiger partial charge in [-0.25, -0.2) is 4.99 Å². The number of rotatable bonds is 10. The van der Waals surface area contributed by atoms with Crippen LogP contribution in [-0.4, -0.2) is 36.7 Å². The van der Waals surface area contributed by atoms with Crippen LogP contribution in [0.4, 0.5) is 5.69 Å². The van der Waals surface area contributed by atoms with E-state index >= 15 is 0 Å². The maximum Gasteiger partial charge on any atom is 0.221 e. The molecule has 1 amide bonds. The van der Waals surface area contributed by atoms with Gasteiger partial charge in [0.25, 0.3) is 0 Å². The average molecular weight is 402 g/mol. The van der Waals surface area contributed by atoms with Gasteiger partial charge in [0.15, 0.2) is 5.96 Å². The third-order valence-corrected chi connectivity index (χ3v) is 4.16. The van der Waals surface area contributed by atoms with E-state index < -0.39 is 0 Å². The Hall–Kier alpha value is -3.03. The molecule has 0 aliphatic heterocycles. The van der Waals surface area contributed by atoms with Crippen molar-refractivity contribution in [3.8, 4) is 5.75 Å². The maximum atomic E-state index is 11.2. The lowest BCUT2D eigenvalue weighted by atomic mass is 10.1. The van der Waals surface area contributed by atoms with Gasteiger partial charge in [-0.3, -0.25) is 4.79 Å². The van der Waals surface area contributed by atoms with Gasteiger partial charge in [0.05, 0.1) is 18.8 Å². The first-order chi connectivity index (χ1) is 14.1. The highest BCUT2D eigenvalue weighted by Gasteiger charge is 2.13. The van der Waals surface area contributed by atoms with E-state index in [1.807, 2.05) is 25.1 Å². The van der Waals surface area contributed by atoms with Crippen LogP contribution in [0.25, 0.3) is 0 Å². The molecule has 1 aromatic carbocycles. The molecule has 8 nitrogen and oxygen atoms in total. The summed E-state index contributed by atoms with van der Waals surface area (Å²) in [5.41, 5.74) is 2.74. The summed E-state index contributed by atoms with van der Waals surface area (Å²) >= 11 is 0. The summed E-state index contributed by atoms with van der Waals surface area (Å²) in [6.07, 6.45) is 1.62. The third kappa shape index (κ3) is 7.14. The second kappa shape index (κ2) is 11.7. The molecule has 0 aliphatic rings. The summed E-state index contributed by atoms with van der Waals surface area (Å²) in [4.78, 5) is 15.8. The zero-order valence-electron chi connectivity index (χ0n) is 17.7. The molecule has 0 fully saturated rings. The van der Waals surface area contributed by atoms with Crippen molar-refractivity contribution in [1.82, 2.24) is 15.8 Å². The normalized spacial score (nSPS) is 11.2. The van der Waals surface area contributed by atoms with E-state index in [0.717, 1.165) is 36.4 Å². The van der Waals surface area contributed by atoms with Gasteiger partial charge < -0.3 is 25.2 Å². The van der Waals surface area contributed by atoms with Gasteiger partial charge in [0.1, 0.15) is 18.1 Å². The molecular formula is C21H31N5O3. The number of carbonyl (C=O) groups excluding carboxylic acids is 1. The molecule has 2 rings (SSSR count). The van der Waals surface area contributed by atoms with Crippen molar-refractivity contribution in [3.05, 3.63) is 41.3 Å². The van der Waals surface area contributed by atoms with Gasteiger partial charge in [0, 0.05) is 37.2 Å². The van der Waals surface area contributed by atoms with Crippen molar-refractivity contribution in [2.75, 3.05) is 25.0 Å². The fourth-order valence-corrected chi connectivity index (χ4v) is 2.82. The van der Waals surface area contributed by atoms with Crippen LogP contribution in [0, 0.1) is 0 Å². The number of amides is 1. The molecule has 8 heteroatoms. The molecule has 0 atom stereocenters. The van der Waals surface area contributed by atoms with Crippen LogP contribution in [0.1, 0.15) is 44.7 Å². The van der Waals surface area contributed by atoms with E-state index in [2.05, 4.69) is 39.9 Å². The van der Waals surface area contributed by atoms with Crippen molar-refractivity contribution in [3.63, 3.8) is 0 Å². The summed E-state index contributed by atoms with van der Waals surface area (Å²) < 4.78 is 11.2. The second-order valence-corrected chi connectivity index (χ2v) is 6.42. The smallest absolute Gasteiger partial charge is 0.221 e. The molecule has 158 valence electrons. The quantitative estimate of drug-likeness (QED) is 0.322. The minimum atomic E-state index is -0.111. The number of hydrogen-bond donors (Lipinski definition) is 3. The predicted molar refractivity (Wildman–Crippen MR) is 114 cm³/mol. The van der Waals surface area contributed by atoms with Crippen molar-refractivity contribution < 1.29 is 14.1 Å². The molecule has 0 radical (unpaired) electrons. The topological polar surface area (TPSA) is 101 Å². The van der Waals surface area contributed by atoms with Crippen LogP contribution >= 0.6 is 0 Å². The van der Waals surface area contributed by atoms with Crippen LogP contribution in [0.15, 0.2) is 33.8 Å². The molecule has 29 heavy (non-hydrogen) atoms. The Morgan fingerprint density at radius 1 is 1.21 bits per heavy atom. The number of aliphatic imine (C=N–C) groups is 1. The lowest BCUT2D eigenvalue weighted by Gasteiger charge is -2.12. The third-order valence-electron chi connectivity index (χ3n) is 4.16. The number of aromatic nitrogens is 1. The van der Waals surface area contributed by atoms with Crippen LogP contribution < -0.4 is 20.7 Å². The summed E-state index contributed by atoms with van der Waals surface area (Å²) in [5, 5.41) is 13.4. The van der Waals surface area contributed by atoms with Gasteiger partial charge in [0.2, 0.25) is 5.91 Å². The average Bonchev–Trinajstić information content (AvgIpc) is 3.11. The molecule has 2 aromatic rings. The van der Waals surface area contributed by atoms with E-state index in [9.17, 15) is 4.79 Å². The zero-order valence-corrected chi connectivity index (χ0v) is 17.7. The standard InChI is InChI=1S/C21H31N5O3/c1-5-19-18(20(6-2)29-26-19)14-24-21(22-7-3)23-11-12-28-17-10-8-9-16(13-17)25-15(4)27/h8-10,13H,5-7,11-12,14H2,1-4H3,(H,25,27)(H2,22,23,24). The Bertz CT molecular complexity index is 795. The van der Waals surface area contributed by atoms with E-state index in [-0.39, 0.29) is 5.91 Å². The van der Waals surface area contributed by atoms with E-state index in [0.29, 0.717) is 37.1 Å². The predicted octanol–water partition coefficient (Wildman–Crippen LogP) is 2.89. The maximum absolute atomic E-state index is 11.2. The fourth-order valence-electron chi connectivity index (χ4n) is 2.82. The molecule has 3 N–H and O–H groups in total. The number of ether oxygens (including phenoxy) is 1. The number of carbonyl (C=O) groups is 1. The number of aryl methyl sites for hydroxylation is 2. The first-order valence-corrected chi connectivity index (χ1v) is 10.1. The number of nitrogens with one attached hydrogen (secondary N) is 3. The van der Waals surface area contributed by atoms with Gasteiger partial charge in [-0.1, -0.05) is 25.1 Å². The Balaban J connectivity index is 1.89. The Morgan fingerprint density at radius 3 is 2.72 bits per heavy atom. The number of hydrogen-bond acceptors (Lipinski definition) is 5. The van der Waals surface area contributed by atoms with Crippen LogP contribution in [0.5, 0.6) is 5.75 Å². The second-order valence-electron chi connectivity index (χ2n) is 6.42. The zero-order chi connectivity index (χ0) is 21.1. The van der Waals surface area contributed by atoms with Gasteiger partial charge >= 0.3 is 0 Å². The molecule has 0 unspecified atom stereocenters. The Morgan fingerprint density at radius 2 is 2.03 bits per heavy atom. The first-order valence-electron chi connectivity index (χ1n) is 10.1. The summed E-state index contributed by atoms with van der Waals surface area (Å²) in [7, 11) is 0. The highest BCUT2D eigenvalue weighted by Crippen LogP contribution is 2.18. The number of benzene rings is 1. The summed E-state index contributed by atoms with van der Waals surface area (Å²) in [6, 6.07) is 7.32. The molecule has 0 bridgehead atoms. The number of anilines is 1. The molecule has 1 heterocycles. The van der Waals surface area contributed by atoms with Crippen molar-refractivity contribution in [2.45, 2.75) is 47.1 Å². The van der Waals surface area contributed by atoms with Gasteiger partial charge in [-0.15, -0.1) is 0 Å². The van der Waals surface area contributed by atoms with E-state index in [4.69, 9.17) is 9.26 Å². The minimum absolute atomic E-state index is 0.111. The summed E-state index contributed by atoms with van der Waals surface area (Å²) in [6.45, 7) is 9.94. The lowest BCUT2D eigenvalue weighted by Crippen LogP contribution is -2.39. The van der Waals surface area contributed by atoms with E-state index in [1.165, 1.54) is 6.92 Å². The molecule has 0 aliphatic carbocycles. The van der Waals surface area contributed by atoms with Crippen molar-refractivity contribution in [1.29, 1.82) is 0 Å². The molecule has 0 saturated carbocycles. The Kier molecular flexibility index (Phi) is 9.01. The van der Waals surface area contributed by atoms with Crippen LogP contribution in [0.2, 0.25) is 0 Å². The molecule has 1 aromatic heterocycles. The Labute approximate surface area is 172 Å². The molecule has 0 saturated heterocycles. The highest BCUT2D eigenvalue weighted by molar-refractivity contribution is 5.88. The molecule has 0 spiro atoms. The van der Waals surface area contributed by atoms with Gasteiger partial charge in [-0.2, -0.15) is 0 Å². The first kappa shape index (κ1) is 22.3. The molecular weight excluding hydrogens is 370 g/mol. The minimum Gasteiger partial charge on any atom is -0.492 e. The highest BCUT2D eigenvalue weighted by atomic mass is 16.5.